The molecule has 8 heteroatoms. The van der Waals surface area contributed by atoms with E-state index in [9.17, 15) is 18.0 Å². The van der Waals surface area contributed by atoms with Gasteiger partial charge >= 0.3 is 6.18 Å². The molecule has 3 N–H and O–H groups in total. The van der Waals surface area contributed by atoms with Crippen molar-refractivity contribution in [3.63, 3.8) is 0 Å². The van der Waals surface area contributed by atoms with Gasteiger partial charge in [-0.25, -0.2) is 0 Å². The summed E-state index contributed by atoms with van der Waals surface area (Å²) < 4.78 is 39.3. The monoisotopic (exact) mass is 388 g/mol. The van der Waals surface area contributed by atoms with Gasteiger partial charge in [0.2, 0.25) is 5.91 Å². The number of nitrogens with one attached hydrogen (secondary N) is 1. The molecule has 0 aliphatic heterocycles. The fraction of sp³-hybridized carbons (Fsp3) is 0.235. The molecule has 3 rings (SSSR count). The Morgan fingerprint density at radius 1 is 1.16 bits per heavy atom. The Labute approximate surface area is 151 Å². The van der Waals surface area contributed by atoms with Crippen LogP contribution in [0.5, 0.6) is 0 Å². The fourth-order valence-electron chi connectivity index (χ4n) is 2.80. The van der Waals surface area contributed by atoms with Crippen LogP contribution in [0.4, 0.5) is 24.5 Å². The van der Waals surface area contributed by atoms with Crippen LogP contribution in [0.25, 0.3) is 0 Å². The Morgan fingerprint density at radius 3 is 2.36 bits per heavy atom. The number of nitrogen functional groups attached to an aromatic ring is 1. The van der Waals surface area contributed by atoms with E-state index in [4.69, 9.17) is 28.9 Å². The SMILES string of the molecule is Nc1c(Cl)cc(NC(=O)[C@H]2C[C@H]2c2ccccc2C(F)(F)F)cc1Cl. The lowest BCUT2D eigenvalue weighted by molar-refractivity contribution is -0.138. The molecule has 1 aliphatic carbocycles. The second kappa shape index (κ2) is 6.42. The summed E-state index contributed by atoms with van der Waals surface area (Å²) in [5.74, 6) is -1.37. The minimum atomic E-state index is -4.45. The Morgan fingerprint density at radius 2 is 1.76 bits per heavy atom. The number of nitrogens with two attached hydrogens (primary N) is 1. The van der Waals surface area contributed by atoms with Gasteiger partial charge in [0, 0.05) is 11.6 Å². The fourth-order valence-corrected chi connectivity index (χ4v) is 3.29. The summed E-state index contributed by atoms with van der Waals surface area (Å²) in [7, 11) is 0. The van der Waals surface area contributed by atoms with Gasteiger partial charge in [-0.2, -0.15) is 13.2 Å². The Balaban J connectivity index is 1.76. The highest BCUT2D eigenvalue weighted by Crippen LogP contribution is 2.51. The second-order valence-corrected chi connectivity index (χ2v) is 6.69. The standard InChI is InChI=1S/C17H13Cl2F3N2O/c18-13-5-8(6-14(19)15(13)23)24-16(25)11-7-10(11)9-3-1-2-4-12(9)17(20,21)22/h1-6,10-11H,7,23H2,(H,24,25)/t10-,11-/m0/s1. The zero-order valence-corrected chi connectivity index (χ0v) is 14.2. The lowest BCUT2D eigenvalue weighted by atomic mass is 10.0. The number of hydrogen-bond acceptors (Lipinski definition) is 2. The maximum Gasteiger partial charge on any atom is 0.416 e. The first-order valence-electron chi connectivity index (χ1n) is 7.40. The highest BCUT2D eigenvalue weighted by atomic mass is 35.5. The van der Waals surface area contributed by atoms with Crippen LogP contribution in [0.15, 0.2) is 36.4 Å². The van der Waals surface area contributed by atoms with Gasteiger partial charge < -0.3 is 11.1 Å². The molecular weight excluding hydrogens is 376 g/mol. The number of alkyl halides is 3. The predicted octanol–water partition coefficient (Wildman–Crippen LogP) is 5.34. The summed E-state index contributed by atoms with van der Waals surface area (Å²) in [6.45, 7) is 0. The number of hydrogen-bond donors (Lipinski definition) is 2. The zero-order chi connectivity index (χ0) is 18.4. The first-order valence-corrected chi connectivity index (χ1v) is 8.15. The highest BCUT2D eigenvalue weighted by molar-refractivity contribution is 6.39. The van der Waals surface area contributed by atoms with Crippen molar-refractivity contribution in [2.45, 2.75) is 18.5 Å². The molecule has 0 bridgehead atoms. The summed E-state index contributed by atoms with van der Waals surface area (Å²) in [4.78, 5) is 12.3. The first kappa shape index (κ1) is 17.9. The molecule has 3 nitrogen and oxygen atoms in total. The van der Waals surface area contributed by atoms with Gasteiger partial charge in [-0.1, -0.05) is 41.4 Å². The average Bonchev–Trinajstić information content (AvgIpc) is 3.32. The van der Waals surface area contributed by atoms with Crippen molar-refractivity contribution in [2.75, 3.05) is 11.1 Å². The summed E-state index contributed by atoms with van der Waals surface area (Å²) in [5, 5.41) is 3.01. The summed E-state index contributed by atoms with van der Waals surface area (Å²) >= 11 is 11.8. The van der Waals surface area contributed by atoms with Gasteiger partial charge in [0.05, 0.1) is 21.3 Å². The van der Waals surface area contributed by atoms with Crippen LogP contribution in [-0.2, 0) is 11.0 Å². The normalized spacial score (nSPS) is 19.6. The van der Waals surface area contributed by atoms with Crippen molar-refractivity contribution in [3.8, 4) is 0 Å². The van der Waals surface area contributed by atoms with Crippen molar-refractivity contribution in [1.29, 1.82) is 0 Å². The average molecular weight is 389 g/mol. The van der Waals surface area contributed by atoms with Crippen LogP contribution < -0.4 is 11.1 Å². The van der Waals surface area contributed by atoms with Gasteiger partial charge in [0.1, 0.15) is 0 Å². The lowest BCUT2D eigenvalue weighted by Crippen LogP contribution is -2.15. The molecule has 2 aromatic carbocycles. The number of amides is 1. The van der Waals surface area contributed by atoms with Crippen molar-refractivity contribution >= 4 is 40.5 Å². The molecule has 0 aromatic heterocycles. The third-order valence-electron chi connectivity index (χ3n) is 4.14. The molecule has 1 aliphatic rings. The third-order valence-corrected chi connectivity index (χ3v) is 4.76. The van der Waals surface area contributed by atoms with E-state index in [2.05, 4.69) is 5.32 Å². The molecule has 132 valence electrons. The number of rotatable bonds is 3. The molecule has 0 unspecified atom stereocenters. The molecule has 25 heavy (non-hydrogen) atoms. The van der Waals surface area contributed by atoms with Crippen LogP contribution in [0.1, 0.15) is 23.5 Å². The molecule has 1 saturated carbocycles. The zero-order valence-electron chi connectivity index (χ0n) is 12.7. The van der Waals surface area contributed by atoms with Crippen molar-refractivity contribution in [1.82, 2.24) is 0 Å². The number of carbonyl (C=O) groups is 1. The summed E-state index contributed by atoms with van der Waals surface area (Å²) in [5.41, 5.74) is 5.62. The van der Waals surface area contributed by atoms with E-state index in [0.29, 0.717) is 12.1 Å². The van der Waals surface area contributed by atoms with Crippen LogP contribution in [0, 0.1) is 5.92 Å². The van der Waals surface area contributed by atoms with Crippen molar-refractivity contribution < 1.29 is 18.0 Å². The Kier molecular flexibility index (Phi) is 4.60. The maximum absolute atomic E-state index is 13.1. The topological polar surface area (TPSA) is 55.1 Å². The molecule has 0 saturated heterocycles. The largest absolute Gasteiger partial charge is 0.416 e. The Bertz CT molecular complexity index is 816. The van der Waals surface area contributed by atoms with E-state index in [0.717, 1.165) is 6.07 Å². The minimum Gasteiger partial charge on any atom is -0.396 e. The smallest absolute Gasteiger partial charge is 0.396 e. The molecule has 2 aromatic rings. The predicted molar refractivity (Wildman–Crippen MR) is 91.8 cm³/mol. The van der Waals surface area contributed by atoms with Crippen LogP contribution in [0.3, 0.4) is 0 Å². The van der Waals surface area contributed by atoms with E-state index in [1.54, 1.807) is 0 Å². The quantitative estimate of drug-likeness (QED) is 0.697. The van der Waals surface area contributed by atoms with E-state index in [1.165, 1.54) is 30.3 Å². The van der Waals surface area contributed by atoms with E-state index >= 15 is 0 Å². The maximum atomic E-state index is 13.1. The van der Waals surface area contributed by atoms with Gasteiger partial charge in [-0.05, 0) is 36.1 Å². The molecule has 2 atom stereocenters. The van der Waals surface area contributed by atoms with Crippen LogP contribution in [0.2, 0.25) is 10.0 Å². The molecular formula is C17H13Cl2F3N2O. The molecule has 1 fully saturated rings. The Hall–Kier alpha value is -1.92. The van der Waals surface area contributed by atoms with Crippen LogP contribution in [-0.4, -0.2) is 5.91 Å². The number of anilines is 2. The van der Waals surface area contributed by atoms with E-state index < -0.39 is 23.6 Å². The van der Waals surface area contributed by atoms with Crippen molar-refractivity contribution in [3.05, 3.63) is 57.6 Å². The molecule has 0 spiro atoms. The molecule has 0 heterocycles. The summed E-state index contributed by atoms with van der Waals surface area (Å²) in [6.07, 6.45) is -4.09. The highest BCUT2D eigenvalue weighted by Gasteiger charge is 2.47. The number of carbonyl (C=O) groups excluding carboxylic acids is 1. The minimum absolute atomic E-state index is 0.142. The van der Waals surface area contributed by atoms with Crippen molar-refractivity contribution in [2.24, 2.45) is 5.92 Å². The number of benzene rings is 2. The van der Waals surface area contributed by atoms with Crippen LogP contribution >= 0.6 is 23.2 Å². The lowest BCUT2D eigenvalue weighted by Gasteiger charge is -2.12. The van der Waals surface area contributed by atoms with Gasteiger partial charge in [0.25, 0.3) is 0 Å². The summed E-state index contributed by atoms with van der Waals surface area (Å²) in [6, 6.07) is 8.21. The second-order valence-electron chi connectivity index (χ2n) is 5.88. The van der Waals surface area contributed by atoms with E-state index in [-0.39, 0.29) is 27.2 Å². The van der Waals surface area contributed by atoms with Gasteiger partial charge in [-0.3, -0.25) is 4.79 Å². The molecule has 1 amide bonds. The molecule has 0 radical (unpaired) electrons. The van der Waals surface area contributed by atoms with E-state index in [1.807, 2.05) is 0 Å². The van der Waals surface area contributed by atoms with Gasteiger partial charge in [-0.15, -0.1) is 0 Å². The third kappa shape index (κ3) is 3.70. The first-order chi connectivity index (χ1) is 11.7. The van der Waals surface area contributed by atoms with Gasteiger partial charge in [0.15, 0.2) is 0 Å². The number of halogens is 5.